The second-order valence-corrected chi connectivity index (χ2v) is 3.68. The Balaban J connectivity index is 2.03. The van der Waals surface area contributed by atoms with Gasteiger partial charge in [0.1, 0.15) is 6.33 Å². The highest BCUT2D eigenvalue weighted by atomic mass is 15.3. The summed E-state index contributed by atoms with van der Waals surface area (Å²) >= 11 is 0. The Morgan fingerprint density at radius 1 is 1.27 bits per heavy atom. The molecule has 1 atom stereocenters. The molecule has 2 heterocycles. The van der Waals surface area contributed by atoms with Crippen molar-refractivity contribution in [3.63, 3.8) is 0 Å². The van der Waals surface area contributed by atoms with Gasteiger partial charge in [-0.1, -0.05) is 30.3 Å². The molecular weight excluding hydrogens is 188 g/mol. The number of nitrogens with one attached hydrogen (secondary N) is 1. The molecule has 0 spiro atoms. The molecule has 0 fully saturated rings. The molecule has 0 bridgehead atoms. The lowest BCUT2D eigenvalue weighted by Gasteiger charge is -2.24. The molecular formula is C11H12N4. The monoisotopic (exact) mass is 200 g/mol. The quantitative estimate of drug-likeness (QED) is 0.746. The molecule has 76 valence electrons. The summed E-state index contributed by atoms with van der Waals surface area (Å²) in [6.07, 6.45) is 1.80. The molecule has 1 aromatic heterocycles. The van der Waals surface area contributed by atoms with Crippen LogP contribution < -0.4 is 5.32 Å². The van der Waals surface area contributed by atoms with Crippen molar-refractivity contribution in [1.29, 1.82) is 0 Å². The molecule has 0 aliphatic carbocycles. The number of nitrogens with zero attached hydrogens (tertiary/aromatic N) is 3. The molecule has 2 aromatic rings. The molecule has 0 saturated carbocycles. The van der Waals surface area contributed by atoms with E-state index in [1.54, 1.807) is 6.33 Å². The van der Waals surface area contributed by atoms with Gasteiger partial charge >= 0.3 is 0 Å². The summed E-state index contributed by atoms with van der Waals surface area (Å²) in [6, 6.07) is 10.5. The third-order valence-electron chi connectivity index (χ3n) is 2.74. The van der Waals surface area contributed by atoms with E-state index in [1.165, 1.54) is 5.56 Å². The van der Waals surface area contributed by atoms with Crippen LogP contribution in [0.25, 0.3) is 0 Å². The molecule has 4 nitrogen and oxygen atoms in total. The van der Waals surface area contributed by atoms with Crippen LogP contribution >= 0.6 is 0 Å². The standard InChI is InChI=1S/C11H12N4/c1-2-4-9(5-3-1)10-11-14-13-8-15(11)7-6-12-10/h1-5,8,10,12H,6-7H2. The summed E-state index contributed by atoms with van der Waals surface area (Å²) in [5.41, 5.74) is 1.24. The van der Waals surface area contributed by atoms with Gasteiger partial charge in [0.25, 0.3) is 0 Å². The van der Waals surface area contributed by atoms with Crippen molar-refractivity contribution in [2.24, 2.45) is 0 Å². The first-order chi connectivity index (χ1) is 7.45. The van der Waals surface area contributed by atoms with Crippen LogP contribution in [0.1, 0.15) is 17.4 Å². The van der Waals surface area contributed by atoms with Gasteiger partial charge in [0.15, 0.2) is 5.82 Å². The Hall–Kier alpha value is -1.68. The van der Waals surface area contributed by atoms with Gasteiger partial charge in [0.2, 0.25) is 0 Å². The minimum Gasteiger partial charge on any atom is -0.315 e. The van der Waals surface area contributed by atoms with Crippen LogP contribution in [-0.2, 0) is 6.54 Å². The van der Waals surface area contributed by atoms with E-state index < -0.39 is 0 Å². The molecule has 1 aromatic carbocycles. The molecule has 4 heteroatoms. The molecule has 0 amide bonds. The van der Waals surface area contributed by atoms with Crippen LogP contribution in [0.2, 0.25) is 0 Å². The maximum Gasteiger partial charge on any atom is 0.154 e. The van der Waals surface area contributed by atoms with Crippen molar-refractivity contribution >= 4 is 0 Å². The highest BCUT2D eigenvalue weighted by Crippen LogP contribution is 2.21. The molecule has 0 saturated heterocycles. The van der Waals surface area contributed by atoms with Gasteiger partial charge in [-0.25, -0.2) is 0 Å². The topological polar surface area (TPSA) is 42.7 Å². The number of benzene rings is 1. The van der Waals surface area contributed by atoms with E-state index in [-0.39, 0.29) is 6.04 Å². The van der Waals surface area contributed by atoms with Gasteiger partial charge < -0.3 is 9.88 Å². The van der Waals surface area contributed by atoms with Gasteiger partial charge in [0, 0.05) is 13.1 Å². The Bertz CT molecular complexity index is 449. The summed E-state index contributed by atoms with van der Waals surface area (Å²) < 4.78 is 2.11. The number of hydrogen-bond acceptors (Lipinski definition) is 3. The zero-order chi connectivity index (χ0) is 10.1. The van der Waals surface area contributed by atoms with E-state index >= 15 is 0 Å². The minimum atomic E-state index is 0.183. The Morgan fingerprint density at radius 2 is 2.13 bits per heavy atom. The molecule has 1 aliphatic heterocycles. The normalized spacial score (nSPS) is 19.9. The summed E-state index contributed by atoms with van der Waals surface area (Å²) in [7, 11) is 0. The van der Waals surface area contributed by atoms with Gasteiger partial charge in [0.05, 0.1) is 6.04 Å². The van der Waals surface area contributed by atoms with Crippen LogP contribution in [0.5, 0.6) is 0 Å². The maximum atomic E-state index is 4.17. The number of rotatable bonds is 1. The maximum absolute atomic E-state index is 4.17. The van der Waals surface area contributed by atoms with E-state index in [9.17, 15) is 0 Å². The summed E-state index contributed by atoms with van der Waals surface area (Å²) in [6.45, 7) is 1.91. The third kappa shape index (κ3) is 1.43. The van der Waals surface area contributed by atoms with Crippen molar-refractivity contribution in [3.8, 4) is 0 Å². The largest absolute Gasteiger partial charge is 0.315 e. The van der Waals surface area contributed by atoms with Crippen LogP contribution in [0, 0.1) is 0 Å². The lowest BCUT2D eigenvalue weighted by Crippen LogP contribution is -2.34. The first-order valence-corrected chi connectivity index (χ1v) is 5.11. The van der Waals surface area contributed by atoms with E-state index in [0.717, 1.165) is 18.9 Å². The average molecular weight is 200 g/mol. The van der Waals surface area contributed by atoms with E-state index in [2.05, 4.69) is 32.2 Å². The van der Waals surface area contributed by atoms with Crippen LogP contribution in [0.4, 0.5) is 0 Å². The third-order valence-corrected chi connectivity index (χ3v) is 2.74. The summed E-state index contributed by atoms with van der Waals surface area (Å²) in [5.74, 6) is 1.01. The minimum absolute atomic E-state index is 0.183. The van der Waals surface area contributed by atoms with Crippen LogP contribution in [0.15, 0.2) is 36.7 Å². The zero-order valence-corrected chi connectivity index (χ0v) is 8.30. The van der Waals surface area contributed by atoms with Crippen molar-refractivity contribution in [3.05, 3.63) is 48.0 Å². The van der Waals surface area contributed by atoms with Gasteiger partial charge in [-0.2, -0.15) is 0 Å². The summed E-state index contributed by atoms with van der Waals surface area (Å²) in [5, 5.41) is 11.6. The fraction of sp³-hybridized carbons (Fsp3) is 0.273. The number of hydrogen-bond donors (Lipinski definition) is 1. The van der Waals surface area contributed by atoms with Crippen molar-refractivity contribution in [2.75, 3.05) is 6.54 Å². The molecule has 1 unspecified atom stereocenters. The van der Waals surface area contributed by atoms with E-state index in [4.69, 9.17) is 0 Å². The zero-order valence-electron chi connectivity index (χ0n) is 8.30. The fourth-order valence-electron chi connectivity index (χ4n) is 1.99. The van der Waals surface area contributed by atoms with Crippen molar-refractivity contribution in [2.45, 2.75) is 12.6 Å². The summed E-state index contributed by atoms with van der Waals surface area (Å²) in [4.78, 5) is 0. The number of fused-ring (bicyclic) bond motifs is 1. The first kappa shape index (κ1) is 8.61. The average Bonchev–Trinajstić information content (AvgIpc) is 2.78. The molecule has 1 N–H and O–H groups in total. The second-order valence-electron chi connectivity index (χ2n) is 3.68. The molecule has 0 radical (unpaired) electrons. The second kappa shape index (κ2) is 3.47. The highest BCUT2D eigenvalue weighted by Gasteiger charge is 2.22. The predicted molar refractivity (Wildman–Crippen MR) is 56.3 cm³/mol. The lowest BCUT2D eigenvalue weighted by atomic mass is 10.1. The Labute approximate surface area is 88.0 Å². The van der Waals surface area contributed by atoms with E-state index in [0.29, 0.717) is 0 Å². The first-order valence-electron chi connectivity index (χ1n) is 5.11. The smallest absolute Gasteiger partial charge is 0.154 e. The molecule has 15 heavy (non-hydrogen) atoms. The number of aromatic nitrogens is 3. The van der Waals surface area contributed by atoms with Crippen molar-refractivity contribution < 1.29 is 0 Å². The predicted octanol–water partition coefficient (Wildman–Crippen LogP) is 0.971. The van der Waals surface area contributed by atoms with Crippen LogP contribution in [-0.4, -0.2) is 21.3 Å². The molecule has 1 aliphatic rings. The van der Waals surface area contributed by atoms with E-state index in [1.807, 2.05) is 18.2 Å². The Morgan fingerprint density at radius 3 is 3.00 bits per heavy atom. The lowest BCUT2D eigenvalue weighted by molar-refractivity contribution is 0.455. The highest BCUT2D eigenvalue weighted by molar-refractivity contribution is 5.25. The van der Waals surface area contributed by atoms with Gasteiger partial charge in [-0.15, -0.1) is 10.2 Å². The van der Waals surface area contributed by atoms with Gasteiger partial charge in [-0.3, -0.25) is 0 Å². The van der Waals surface area contributed by atoms with Gasteiger partial charge in [-0.05, 0) is 5.56 Å². The van der Waals surface area contributed by atoms with Crippen molar-refractivity contribution in [1.82, 2.24) is 20.1 Å². The molecule has 3 rings (SSSR count). The SMILES string of the molecule is c1ccc(C2NCCn3cnnc32)cc1. The fourth-order valence-corrected chi connectivity index (χ4v) is 1.99. The Kier molecular flexibility index (Phi) is 1.99. The van der Waals surface area contributed by atoms with Crippen LogP contribution in [0.3, 0.4) is 0 Å².